The number of carbonyl (C=O) groups is 2. The molecule has 7 heteroatoms. The second-order valence-corrected chi connectivity index (χ2v) is 6.99. The molecular weight excluding hydrogens is 347 g/mol. The summed E-state index contributed by atoms with van der Waals surface area (Å²) in [4.78, 5) is 22.9. The summed E-state index contributed by atoms with van der Waals surface area (Å²) in [5, 5.41) is 11.4. The first-order chi connectivity index (χ1) is 12.3. The number of aliphatic carboxylic acids is 1. The Balaban J connectivity index is 1.81. The quantitative estimate of drug-likeness (QED) is 0.766. The number of nitrogens with one attached hydrogen (secondary N) is 1. The first-order valence-electron chi connectivity index (χ1n) is 8.86. The highest BCUT2D eigenvalue weighted by molar-refractivity contribution is 5.76. The number of rotatable bonds is 7. The highest BCUT2D eigenvalue weighted by Gasteiger charge is 2.39. The first kappa shape index (κ1) is 20.3. The average molecular weight is 371 g/mol. The number of carboxylic acid groups (broad SMARTS) is 1. The van der Waals surface area contributed by atoms with Crippen LogP contribution < -0.4 is 5.32 Å². The Bertz CT molecular complexity index is 596. The lowest BCUT2D eigenvalue weighted by atomic mass is 9.80. The molecule has 1 unspecified atom stereocenters. The Kier molecular flexibility index (Phi) is 7.06. The highest BCUT2D eigenvalue weighted by Crippen LogP contribution is 2.31. The molecular formula is C19H24F3NO3. The molecule has 0 aliphatic heterocycles. The Morgan fingerprint density at radius 1 is 1.12 bits per heavy atom. The van der Waals surface area contributed by atoms with E-state index in [-0.39, 0.29) is 24.7 Å². The SMILES string of the molecule is O=C(CC1CCC(C(=O)O)CC1)NCC(Cc1ccccc1)C(F)(F)F. The minimum atomic E-state index is -4.39. The van der Waals surface area contributed by atoms with Crippen LogP contribution >= 0.6 is 0 Å². The fraction of sp³-hybridized carbons (Fsp3) is 0.579. The van der Waals surface area contributed by atoms with Gasteiger partial charge < -0.3 is 10.4 Å². The van der Waals surface area contributed by atoms with Gasteiger partial charge in [0.1, 0.15) is 0 Å². The van der Waals surface area contributed by atoms with Gasteiger partial charge in [0.05, 0.1) is 11.8 Å². The number of alkyl halides is 3. The second-order valence-electron chi connectivity index (χ2n) is 6.99. The van der Waals surface area contributed by atoms with Crippen LogP contribution in [0, 0.1) is 17.8 Å². The third-order valence-corrected chi connectivity index (χ3v) is 5.00. The fourth-order valence-electron chi connectivity index (χ4n) is 3.39. The molecule has 144 valence electrons. The lowest BCUT2D eigenvalue weighted by Gasteiger charge is -2.26. The Hall–Kier alpha value is -2.05. The summed E-state index contributed by atoms with van der Waals surface area (Å²) in [5.41, 5.74) is 0.580. The predicted octanol–water partition coefficient (Wildman–Crippen LogP) is 3.80. The summed E-state index contributed by atoms with van der Waals surface area (Å²) in [6.07, 6.45) is -2.12. The van der Waals surface area contributed by atoms with Crippen LogP contribution in [-0.2, 0) is 16.0 Å². The molecule has 0 radical (unpaired) electrons. The van der Waals surface area contributed by atoms with E-state index >= 15 is 0 Å². The maximum atomic E-state index is 13.2. The van der Waals surface area contributed by atoms with Gasteiger partial charge in [-0.2, -0.15) is 13.2 Å². The molecule has 1 fully saturated rings. The lowest BCUT2D eigenvalue weighted by Crippen LogP contribution is -2.38. The average Bonchev–Trinajstić information content (AvgIpc) is 2.59. The van der Waals surface area contributed by atoms with Crippen molar-refractivity contribution in [2.24, 2.45) is 17.8 Å². The van der Waals surface area contributed by atoms with Crippen LogP contribution in [-0.4, -0.2) is 29.7 Å². The number of hydrogen-bond donors (Lipinski definition) is 2. The van der Waals surface area contributed by atoms with Crippen LogP contribution in [0.2, 0.25) is 0 Å². The largest absolute Gasteiger partial charge is 0.481 e. The maximum Gasteiger partial charge on any atom is 0.393 e. The zero-order chi connectivity index (χ0) is 19.2. The van der Waals surface area contributed by atoms with Gasteiger partial charge in [-0.3, -0.25) is 9.59 Å². The summed E-state index contributed by atoms with van der Waals surface area (Å²) in [7, 11) is 0. The smallest absolute Gasteiger partial charge is 0.393 e. The number of benzene rings is 1. The number of halogens is 3. The zero-order valence-corrected chi connectivity index (χ0v) is 14.5. The van der Waals surface area contributed by atoms with Crippen molar-refractivity contribution in [2.45, 2.75) is 44.7 Å². The molecule has 26 heavy (non-hydrogen) atoms. The Morgan fingerprint density at radius 2 is 1.73 bits per heavy atom. The van der Waals surface area contributed by atoms with Crippen molar-refractivity contribution in [3.8, 4) is 0 Å². The van der Waals surface area contributed by atoms with E-state index in [2.05, 4.69) is 5.32 Å². The lowest BCUT2D eigenvalue weighted by molar-refractivity contribution is -0.173. The molecule has 1 amide bonds. The van der Waals surface area contributed by atoms with Crippen LogP contribution in [0.25, 0.3) is 0 Å². The third kappa shape index (κ3) is 6.35. The molecule has 1 aliphatic carbocycles. The van der Waals surface area contributed by atoms with Gasteiger partial charge >= 0.3 is 12.1 Å². The third-order valence-electron chi connectivity index (χ3n) is 5.00. The molecule has 1 aromatic carbocycles. The van der Waals surface area contributed by atoms with E-state index in [1.807, 2.05) is 0 Å². The second kappa shape index (κ2) is 9.05. The molecule has 1 aliphatic rings. The molecule has 0 bridgehead atoms. The number of amides is 1. The summed E-state index contributed by atoms with van der Waals surface area (Å²) < 4.78 is 39.7. The van der Waals surface area contributed by atoms with E-state index in [0.29, 0.717) is 31.2 Å². The Labute approximate surface area is 150 Å². The number of hydrogen-bond acceptors (Lipinski definition) is 2. The molecule has 0 spiro atoms. The van der Waals surface area contributed by atoms with Crippen LogP contribution in [0.5, 0.6) is 0 Å². The van der Waals surface area contributed by atoms with Crippen LogP contribution in [0.1, 0.15) is 37.7 Å². The van der Waals surface area contributed by atoms with Crippen molar-refractivity contribution < 1.29 is 27.9 Å². The van der Waals surface area contributed by atoms with Gasteiger partial charge in [0.25, 0.3) is 0 Å². The molecule has 2 N–H and O–H groups in total. The van der Waals surface area contributed by atoms with E-state index in [1.165, 1.54) is 0 Å². The minimum absolute atomic E-state index is 0.0454. The highest BCUT2D eigenvalue weighted by atomic mass is 19.4. The van der Waals surface area contributed by atoms with Crippen molar-refractivity contribution in [1.82, 2.24) is 5.32 Å². The minimum Gasteiger partial charge on any atom is -0.481 e. The van der Waals surface area contributed by atoms with Crippen LogP contribution in [0.15, 0.2) is 30.3 Å². The van der Waals surface area contributed by atoms with Gasteiger partial charge in [-0.15, -0.1) is 0 Å². The number of carboxylic acids is 1. The van der Waals surface area contributed by atoms with E-state index in [4.69, 9.17) is 5.11 Å². The molecule has 2 rings (SSSR count). The number of carbonyl (C=O) groups excluding carboxylic acids is 1. The van der Waals surface area contributed by atoms with Gasteiger partial charge in [0.15, 0.2) is 0 Å². The molecule has 1 atom stereocenters. The van der Waals surface area contributed by atoms with Crippen molar-refractivity contribution in [2.75, 3.05) is 6.54 Å². The molecule has 0 heterocycles. The fourth-order valence-corrected chi connectivity index (χ4v) is 3.39. The van der Waals surface area contributed by atoms with Crippen molar-refractivity contribution in [3.63, 3.8) is 0 Å². The van der Waals surface area contributed by atoms with E-state index in [9.17, 15) is 22.8 Å². The van der Waals surface area contributed by atoms with E-state index in [1.54, 1.807) is 30.3 Å². The van der Waals surface area contributed by atoms with Gasteiger partial charge in [0, 0.05) is 13.0 Å². The zero-order valence-electron chi connectivity index (χ0n) is 14.5. The normalized spacial score (nSPS) is 21.8. The van der Waals surface area contributed by atoms with Gasteiger partial charge in [-0.05, 0) is 43.6 Å². The van der Waals surface area contributed by atoms with E-state index < -0.39 is 30.5 Å². The first-order valence-corrected chi connectivity index (χ1v) is 8.86. The summed E-state index contributed by atoms with van der Waals surface area (Å²) in [6.45, 7) is -0.443. The van der Waals surface area contributed by atoms with Crippen LogP contribution in [0.4, 0.5) is 13.2 Å². The standard InChI is InChI=1S/C19H24F3NO3/c20-19(21,22)16(10-13-4-2-1-3-5-13)12-23-17(24)11-14-6-8-15(9-7-14)18(25)26/h1-5,14-16H,6-12H2,(H,23,24)(H,25,26). The van der Waals surface area contributed by atoms with Crippen molar-refractivity contribution in [1.29, 1.82) is 0 Å². The summed E-state index contributed by atoms with van der Waals surface area (Å²) in [5.74, 6) is -3.16. The van der Waals surface area contributed by atoms with Gasteiger partial charge in [-0.1, -0.05) is 30.3 Å². The summed E-state index contributed by atoms with van der Waals surface area (Å²) >= 11 is 0. The molecule has 0 saturated heterocycles. The predicted molar refractivity (Wildman–Crippen MR) is 90.4 cm³/mol. The monoisotopic (exact) mass is 371 g/mol. The van der Waals surface area contributed by atoms with Crippen molar-refractivity contribution in [3.05, 3.63) is 35.9 Å². The molecule has 0 aromatic heterocycles. The topological polar surface area (TPSA) is 66.4 Å². The summed E-state index contributed by atoms with van der Waals surface area (Å²) in [6, 6.07) is 8.40. The Morgan fingerprint density at radius 3 is 2.27 bits per heavy atom. The van der Waals surface area contributed by atoms with Gasteiger partial charge in [-0.25, -0.2) is 0 Å². The maximum absolute atomic E-state index is 13.2. The molecule has 4 nitrogen and oxygen atoms in total. The molecule has 1 saturated carbocycles. The van der Waals surface area contributed by atoms with E-state index in [0.717, 1.165) is 0 Å². The van der Waals surface area contributed by atoms with Crippen LogP contribution in [0.3, 0.4) is 0 Å². The van der Waals surface area contributed by atoms with Gasteiger partial charge in [0.2, 0.25) is 5.91 Å². The van der Waals surface area contributed by atoms with Crippen molar-refractivity contribution >= 4 is 11.9 Å². The molecule has 1 aromatic rings.